The van der Waals surface area contributed by atoms with Crippen LogP contribution in [0.4, 0.5) is 11.4 Å². The zero-order valence-corrected chi connectivity index (χ0v) is 23.7. The molecule has 208 valence electrons. The minimum Gasteiger partial charge on any atom is -0.465 e. The molecule has 1 atom stereocenters. The van der Waals surface area contributed by atoms with E-state index in [0.29, 0.717) is 36.3 Å². The van der Waals surface area contributed by atoms with Gasteiger partial charge in [-0.1, -0.05) is 32.9 Å². The van der Waals surface area contributed by atoms with Crippen molar-refractivity contribution >= 4 is 33.3 Å². The molecule has 2 heterocycles. The molecule has 0 spiro atoms. The highest BCUT2D eigenvalue weighted by molar-refractivity contribution is 7.89. The van der Waals surface area contributed by atoms with Gasteiger partial charge in [0.1, 0.15) is 0 Å². The number of amides is 1. The lowest BCUT2D eigenvalue weighted by molar-refractivity contribution is 0.0601. The molecule has 1 fully saturated rings. The number of sulfonamides is 1. The van der Waals surface area contributed by atoms with Gasteiger partial charge in [0.05, 0.1) is 24.7 Å². The molecule has 3 aromatic rings. The summed E-state index contributed by atoms with van der Waals surface area (Å²) in [4.78, 5) is 29.4. The van der Waals surface area contributed by atoms with Gasteiger partial charge in [0.25, 0.3) is 15.9 Å². The van der Waals surface area contributed by atoms with Crippen LogP contribution in [-0.2, 0) is 27.2 Å². The smallest absolute Gasteiger partial charge is 0.339 e. The number of nitrogens with zero attached hydrogens (tertiary/aromatic N) is 3. The Bertz CT molecular complexity index is 1460. The van der Waals surface area contributed by atoms with Gasteiger partial charge in [-0.2, -0.15) is 4.31 Å². The number of imidazole rings is 1. The van der Waals surface area contributed by atoms with Crippen LogP contribution in [0.2, 0.25) is 0 Å². The SMILES string of the molecule is COC(=O)c1ccc(NC(=O)c2ccc(C(C)(C)C)cc2)cc1NC1CCCN(S(=O)(=O)c2cn(C)cn2)C1. The van der Waals surface area contributed by atoms with Crippen molar-refractivity contribution in [2.24, 2.45) is 7.05 Å². The maximum absolute atomic E-state index is 13.1. The Morgan fingerprint density at radius 2 is 1.82 bits per heavy atom. The van der Waals surface area contributed by atoms with Crippen molar-refractivity contribution in [3.05, 3.63) is 71.7 Å². The number of carbonyl (C=O) groups excluding carboxylic acids is 2. The molecule has 0 radical (unpaired) electrons. The standard InChI is InChI=1S/C28H35N5O5S/c1-28(2,3)20-10-8-19(9-11-20)26(34)31-21-12-13-23(27(35)38-5)24(15-21)30-22-7-6-14-33(16-22)39(36,37)25-17-32(4)18-29-25/h8-13,15,17-18,22,30H,6-7,14,16H2,1-5H3,(H,31,34). The van der Waals surface area contributed by atoms with E-state index in [9.17, 15) is 18.0 Å². The third-order valence-electron chi connectivity index (χ3n) is 6.73. The molecule has 1 saturated heterocycles. The van der Waals surface area contributed by atoms with E-state index >= 15 is 0 Å². The Kier molecular flexibility index (Phi) is 8.12. The van der Waals surface area contributed by atoms with Gasteiger partial charge in [-0.05, 0) is 54.2 Å². The van der Waals surface area contributed by atoms with Crippen molar-refractivity contribution in [2.75, 3.05) is 30.8 Å². The first-order chi connectivity index (χ1) is 18.4. The summed E-state index contributed by atoms with van der Waals surface area (Å²) in [5, 5.41) is 6.21. The van der Waals surface area contributed by atoms with E-state index in [0.717, 1.165) is 5.56 Å². The lowest BCUT2D eigenvalue weighted by Crippen LogP contribution is -2.45. The average molecular weight is 554 g/mol. The molecule has 39 heavy (non-hydrogen) atoms. The molecule has 1 aromatic heterocycles. The summed E-state index contributed by atoms with van der Waals surface area (Å²) in [5.74, 6) is -0.820. The fourth-order valence-corrected chi connectivity index (χ4v) is 6.00. The van der Waals surface area contributed by atoms with Gasteiger partial charge in [-0.15, -0.1) is 0 Å². The summed E-state index contributed by atoms with van der Waals surface area (Å²) >= 11 is 0. The van der Waals surface area contributed by atoms with Crippen molar-refractivity contribution in [1.82, 2.24) is 13.9 Å². The van der Waals surface area contributed by atoms with Crippen LogP contribution < -0.4 is 10.6 Å². The van der Waals surface area contributed by atoms with Gasteiger partial charge in [0.2, 0.25) is 0 Å². The van der Waals surface area contributed by atoms with E-state index in [1.807, 2.05) is 12.1 Å². The highest BCUT2D eigenvalue weighted by Crippen LogP contribution is 2.27. The fraction of sp³-hybridized carbons (Fsp3) is 0.393. The van der Waals surface area contributed by atoms with Gasteiger partial charge in [-0.3, -0.25) is 4.79 Å². The number of aryl methyl sites for hydroxylation is 1. The Labute approximate surface area is 229 Å². The molecule has 11 heteroatoms. The fourth-order valence-electron chi connectivity index (χ4n) is 4.51. The number of benzene rings is 2. The maximum Gasteiger partial charge on any atom is 0.339 e. The predicted molar refractivity (Wildman–Crippen MR) is 149 cm³/mol. The van der Waals surface area contributed by atoms with Crippen molar-refractivity contribution in [3.8, 4) is 0 Å². The summed E-state index contributed by atoms with van der Waals surface area (Å²) in [6, 6.07) is 12.1. The molecule has 1 amide bonds. The van der Waals surface area contributed by atoms with Crippen LogP contribution in [0.3, 0.4) is 0 Å². The average Bonchev–Trinajstić information content (AvgIpc) is 3.35. The van der Waals surface area contributed by atoms with Gasteiger partial charge in [-0.25, -0.2) is 18.2 Å². The number of aromatic nitrogens is 2. The highest BCUT2D eigenvalue weighted by atomic mass is 32.2. The normalized spacial score (nSPS) is 16.5. The lowest BCUT2D eigenvalue weighted by atomic mass is 9.87. The topological polar surface area (TPSA) is 123 Å². The molecular weight excluding hydrogens is 518 g/mol. The number of rotatable bonds is 7. The minimum atomic E-state index is -3.75. The van der Waals surface area contributed by atoms with E-state index in [1.54, 1.807) is 41.9 Å². The summed E-state index contributed by atoms with van der Waals surface area (Å²) in [5.41, 5.74) is 2.84. The van der Waals surface area contributed by atoms with E-state index < -0.39 is 16.0 Å². The van der Waals surface area contributed by atoms with Crippen LogP contribution in [0.5, 0.6) is 0 Å². The van der Waals surface area contributed by atoms with Gasteiger partial charge in [0, 0.05) is 43.6 Å². The van der Waals surface area contributed by atoms with Gasteiger partial charge < -0.3 is 19.9 Å². The van der Waals surface area contributed by atoms with Crippen molar-refractivity contribution in [3.63, 3.8) is 0 Å². The largest absolute Gasteiger partial charge is 0.465 e. The minimum absolute atomic E-state index is 0.00106. The number of hydrogen-bond donors (Lipinski definition) is 2. The molecule has 1 aliphatic rings. The van der Waals surface area contributed by atoms with E-state index in [4.69, 9.17) is 4.74 Å². The van der Waals surface area contributed by atoms with Crippen molar-refractivity contribution in [2.45, 2.75) is 50.1 Å². The third-order valence-corrected chi connectivity index (χ3v) is 8.48. The Hall–Kier alpha value is -3.70. The number of esters is 1. The first kappa shape index (κ1) is 28.3. The number of hydrogen-bond acceptors (Lipinski definition) is 7. The predicted octanol–water partition coefficient (Wildman–Crippen LogP) is 4.02. The quantitative estimate of drug-likeness (QED) is 0.424. The van der Waals surface area contributed by atoms with Gasteiger partial charge in [0.15, 0.2) is 5.03 Å². The summed E-state index contributed by atoms with van der Waals surface area (Å²) in [7, 11) is -0.740. The molecule has 0 aliphatic carbocycles. The Morgan fingerprint density at radius 3 is 2.44 bits per heavy atom. The first-order valence-electron chi connectivity index (χ1n) is 12.8. The molecule has 10 nitrogen and oxygen atoms in total. The molecule has 2 N–H and O–H groups in total. The van der Waals surface area contributed by atoms with E-state index in [1.165, 1.54) is 23.9 Å². The lowest BCUT2D eigenvalue weighted by Gasteiger charge is -2.32. The molecule has 1 aliphatic heterocycles. The molecule has 4 rings (SSSR count). The maximum atomic E-state index is 13.1. The third kappa shape index (κ3) is 6.48. The van der Waals surface area contributed by atoms with Crippen LogP contribution in [0.25, 0.3) is 0 Å². The number of nitrogens with one attached hydrogen (secondary N) is 2. The number of piperidine rings is 1. The summed E-state index contributed by atoms with van der Waals surface area (Å²) < 4.78 is 34.2. The van der Waals surface area contributed by atoms with Crippen LogP contribution >= 0.6 is 0 Å². The van der Waals surface area contributed by atoms with Crippen LogP contribution in [-0.4, -0.2) is 60.4 Å². The summed E-state index contributed by atoms with van der Waals surface area (Å²) in [6.45, 7) is 6.91. The number of ether oxygens (including phenoxy) is 1. The number of carbonyl (C=O) groups is 2. The van der Waals surface area contributed by atoms with Crippen LogP contribution in [0, 0.1) is 0 Å². The van der Waals surface area contributed by atoms with E-state index in [-0.39, 0.29) is 34.5 Å². The Balaban J connectivity index is 1.53. The van der Waals surface area contributed by atoms with Crippen molar-refractivity contribution < 1.29 is 22.7 Å². The molecule has 0 saturated carbocycles. The second-order valence-electron chi connectivity index (χ2n) is 10.8. The summed E-state index contributed by atoms with van der Waals surface area (Å²) in [6.07, 6.45) is 4.27. The molecular formula is C28H35N5O5S. The Morgan fingerprint density at radius 1 is 1.10 bits per heavy atom. The molecule has 0 bridgehead atoms. The second kappa shape index (κ2) is 11.2. The second-order valence-corrected chi connectivity index (χ2v) is 12.6. The molecule has 2 aromatic carbocycles. The number of anilines is 2. The van der Waals surface area contributed by atoms with Crippen LogP contribution in [0.15, 0.2) is 60.0 Å². The van der Waals surface area contributed by atoms with Crippen molar-refractivity contribution in [1.29, 1.82) is 0 Å². The highest BCUT2D eigenvalue weighted by Gasteiger charge is 2.32. The van der Waals surface area contributed by atoms with Crippen LogP contribution in [0.1, 0.15) is 59.9 Å². The zero-order valence-electron chi connectivity index (χ0n) is 22.9. The van der Waals surface area contributed by atoms with E-state index in [2.05, 4.69) is 36.4 Å². The zero-order chi connectivity index (χ0) is 28.4. The molecule has 1 unspecified atom stereocenters. The number of methoxy groups -OCH3 is 1. The monoisotopic (exact) mass is 553 g/mol. The van der Waals surface area contributed by atoms with Gasteiger partial charge >= 0.3 is 5.97 Å². The first-order valence-corrected chi connectivity index (χ1v) is 14.2.